The lowest BCUT2D eigenvalue weighted by Gasteiger charge is -2.13. The van der Waals surface area contributed by atoms with Crippen molar-refractivity contribution in [1.82, 2.24) is 4.98 Å². The molecule has 3 heterocycles. The number of carbonyl (C=O) groups excluding carboxylic acids is 1. The molecule has 41 heavy (non-hydrogen) atoms. The Labute approximate surface area is 242 Å². The van der Waals surface area contributed by atoms with Crippen molar-refractivity contribution < 1.29 is 47.9 Å². The summed E-state index contributed by atoms with van der Waals surface area (Å²) in [6.07, 6.45) is 1.10. The third-order valence-corrected chi connectivity index (χ3v) is 8.29. The zero-order valence-corrected chi connectivity index (χ0v) is 24.0. The highest BCUT2D eigenvalue weighted by atomic mass is 32.1. The van der Waals surface area contributed by atoms with Gasteiger partial charge in [0.1, 0.15) is 0 Å². The Morgan fingerprint density at radius 1 is 0.854 bits per heavy atom. The molecule has 0 fully saturated rings. The molecule has 0 saturated carbocycles. The Bertz CT molecular complexity index is 1580. The van der Waals surface area contributed by atoms with Crippen molar-refractivity contribution in [3.05, 3.63) is 39.8 Å². The first-order valence-corrected chi connectivity index (χ1v) is 14.3. The summed E-state index contributed by atoms with van der Waals surface area (Å²) in [7, 11) is 2.90. The number of rotatable bonds is 16. The summed E-state index contributed by atoms with van der Waals surface area (Å²) in [4.78, 5) is 39.6. The molecule has 0 atom stereocenters. The second-order valence-corrected chi connectivity index (χ2v) is 11.2. The normalized spacial score (nSPS) is 11.1. The van der Waals surface area contributed by atoms with E-state index in [2.05, 4.69) is 4.98 Å². The standard InChI is InChI=1S/C28H28FNO9S2/c1-36-19-13-21-16(11-15(40-21)5-3-6-24(32)33)26(29)27(19)38-9-4-10-39-28-20(37-2)14-22-17(30-28)12-23(41-22)18(31)7-8-25(34)35/h11-14H,3-10H2,1-2H3,(H,32,33)(H,34,35). The van der Waals surface area contributed by atoms with Gasteiger partial charge in [0.05, 0.1) is 48.9 Å². The first-order valence-electron chi connectivity index (χ1n) is 12.7. The number of ketones is 1. The zero-order valence-electron chi connectivity index (χ0n) is 22.4. The summed E-state index contributed by atoms with van der Waals surface area (Å²) < 4.78 is 39.0. The van der Waals surface area contributed by atoms with E-state index < -0.39 is 17.8 Å². The quantitative estimate of drug-likeness (QED) is 0.116. The van der Waals surface area contributed by atoms with Crippen LogP contribution in [0.25, 0.3) is 20.3 Å². The Morgan fingerprint density at radius 3 is 2.27 bits per heavy atom. The van der Waals surface area contributed by atoms with Gasteiger partial charge in [0.15, 0.2) is 28.8 Å². The Kier molecular flexibility index (Phi) is 9.95. The van der Waals surface area contributed by atoms with Crippen LogP contribution in [-0.2, 0) is 16.0 Å². The van der Waals surface area contributed by atoms with Crippen molar-refractivity contribution in [2.45, 2.75) is 38.5 Å². The van der Waals surface area contributed by atoms with Crippen molar-refractivity contribution >= 4 is 60.7 Å². The average molecular weight is 606 g/mol. The fraction of sp³-hybridized carbons (Fsp3) is 0.357. The van der Waals surface area contributed by atoms with Crippen LogP contribution in [-0.4, -0.2) is 60.4 Å². The van der Waals surface area contributed by atoms with E-state index >= 15 is 4.39 Å². The predicted molar refractivity (Wildman–Crippen MR) is 152 cm³/mol. The fourth-order valence-corrected chi connectivity index (χ4v) is 6.17. The summed E-state index contributed by atoms with van der Waals surface area (Å²) in [5.74, 6) is -1.87. The number of nitrogens with zero attached hydrogens (tertiary/aromatic N) is 1. The zero-order chi connectivity index (χ0) is 29.5. The van der Waals surface area contributed by atoms with Crippen molar-refractivity contribution in [3.63, 3.8) is 0 Å². The molecule has 10 nitrogen and oxygen atoms in total. The molecule has 0 unspecified atom stereocenters. The van der Waals surface area contributed by atoms with Crippen molar-refractivity contribution in [2.75, 3.05) is 27.4 Å². The molecular formula is C28H28FNO9S2. The topological polar surface area (TPSA) is 141 Å². The highest BCUT2D eigenvalue weighted by Crippen LogP contribution is 2.40. The van der Waals surface area contributed by atoms with Gasteiger partial charge in [-0.3, -0.25) is 14.4 Å². The average Bonchev–Trinajstić information content (AvgIpc) is 3.55. The van der Waals surface area contributed by atoms with Crippen LogP contribution in [0.1, 0.15) is 46.7 Å². The maximum absolute atomic E-state index is 15.3. The lowest BCUT2D eigenvalue weighted by molar-refractivity contribution is -0.138. The minimum absolute atomic E-state index is 0.00891. The van der Waals surface area contributed by atoms with E-state index in [9.17, 15) is 14.4 Å². The number of hydrogen-bond donors (Lipinski definition) is 2. The van der Waals surface area contributed by atoms with Crippen LogP contribution in [0.4, 0.5) is 4.39 Å². The molecule has 4 rings (SSSR count). The van der Waals surface area contributed by atoms with Crippen molar-refractivity contribution in [2.24, 2.45) is 0 Å². The number of thiophene rings is 2. The van der Waals surface area contributed by atoms with Crippen LogP contribution in [0.2, 0.25) is 0 Å². The number of aryl methyl sites for hydroxylation is 1. The van der Waals surface area contributed by atoms with Gasteiger partial charge < -0.3 is 29.2 Å². The number of aromatic nitrogens is 1. The molecular weight excluding hydrogens is 577 g/mol. The number of fused-ring (bicyclic) bond motifs is 2. The second kappa shape index (κ2) is 13.6. The summed E-state index contributed by atoms with van der Waals surface area (Å²) in [5, 5.41) is 18.1. The number of benzene rings is 1. The smallest absolute Gasteiger partial charge is 0.303 e. The minimum atomic E-state index is -1.04. The predicted octanol–water partition coefficient (Wildman–Crippen LogP) is 5.97. The molecule has 0 spiro atoms. The SMILES string of the molecule is COc1cc2sc(C(=O)CCC(=O)O)cc2nc1OCCCOc1c(OC)cc2sc(CCCC(=O)O)cc2c1F. The van der Waals surface area contributed by atoms with Gasteiger partial charge in [-0.1, -0.05) is 0 Å². The lowest BCUT2D eigenvalue weighted by atomic mass is 10.1. The Balaban J connectivity index is 1.38. The molecule has 2 N–H and O–H groups in total. The highest BCUT2D eigenvalue weighted by molar-refractivity contribution is 7.20. The van der Waals surface area contributed by atoms with E-state index in [1.54, 1.807) is 24.3 Å². The number of carboxylic acid groups (broad SMARTS) is 2. The molecule has 0 radical (unpaired) electrons. The van der Waals surface area contributed by atoms with Gasteiger partial charge in [0.2, 0.25) is 0 Å². The van der Waals surface area contributed by atoms with Gasteiger partial charge in [-0.25, -0.2) is 9.37 Å². The molecule has 0 amide bonds. The highest BCUT2D eigenvalue weighted by Gasteiger charge is 2.19. The third kappa shape index (κ3) is 7.41. The largest absolute Gasteiger partial charge is 0.493 e. The van der Waals surface area contributed by atoms with Gasteiger partial charge >= 0.3 is 11.9 Å². The first-order chi connectivity index (χ1) is 19.7. The molecule has 218 valence electrons. The van der Waals surface area contributed by atoms with Crippen LogP contribution in [0, 0.1) is 5.82 Å². The van der Waals surface area contributed by atoms with Gasteiger partial charge in [0.25, 0.3) is 5.88 Å². The van der Waals surface area contributed by atoms with Gasteiger partial charge in [-0.15, -0.1) is 22.7 Å². The number of methoxy groups -OCH3 is 2. The van der Waals surface area contributed by atoms with E-state index in [1.165, 1.54) is 36.9 Å². The van der Waals surface area contributed by atoms with E-state index in [-0.39, 0.29) is 55.6 Å². The summed E-state index contributed by atoms with van der Waals surface area (Å²) in [5.41, 5.74) is 0.527. The van der Waals surface area contributed by atoms with Gasteiger partial charge in [-0.2, -0.15) is 0 Å². The monoisotopic (exact) mass is 605 g/mol. The summed E-state index contributed by atoms with van der Waals surface area (Å²) >= 11 is 2.60. The van der Waals surface area contributed by atoms with E-state index in [4.69, 9.17) is 29.2 Å². The minimum Gasteiger partial charge on any atom is -0.493 e. The molecule has 4 aromatic rings. The maximum atomic E-state index is 15.3. The maximum Gasteiger partial charge on any atom is 0.303 e. The molecule has 3 aromatic heterocycles. The molecule has 1 aromatic carbocycles. The third-order valence-electron chi connectivity index (χ3n) is 6.04. The number of ether oxygens (including phenoxy) is 4. The Morgan fingerprint density at radius 2 is 1.56 bits per heavy atom. The van der Waals surface area contributed by atoms with Crippen LogP contribution in [0.3, 0.4) is 0 Å². The summed E-state index contributed by atoms with van der Waals surface area (Å²) in [6.45, 7) is 0.307. The lowest BCUT2D eigenvalue weighted by Crippen LogP contribution is -2.08. The summed E-state index contributed by atoms with van der Waals surface area (Å²) in [6, 6.07) is 6.74. The number of Topliss-reactive ketones (excluding diaryl/α,β-unsaturated/α-hetero) is 1. The number of aliphatic carboxylic acids is 2. The number of pyridine rings is 1. The molecule has 13 heteroatoms. The number of halogens is 1. The van der Waals surface area contributed by atoms with Crippen LogP contribution in [0.5, 0.6) is 23.1 Å². The van der Waals surface area contributed by atoms with Crippen LogP contribution >= 0.6 is 22.7 Å². The molecule has 0 saturated heterocycles. The second-order valence-electron chi connectivity index (χ2n) is 8.95. The van der Waals surface area contributed by atoms with Crippen LogP contribution in [0.15, 0.2) is 24.3 Å². The first kappa shape index (κ1) is 30.0. The van der Waals surface area contributed by atoms with E-state index in [0.29, 0.717) is 50.2 Å². The van der Waals surface area contributed by atoms with Gasteiger partial charge in [0, 0.05) is 46.4 Å². The number of hydrogen-bond acceptors (Lipinski definition) is 10. The van der Waals surface area contributed by atoms with E-state index in [1.807, 2.05) is 0 Å². The van der Waals surface area contributed by atoms with E-state index in [0.717, 1.165) is 4.88 Å². The molecule has 0 aliphatic rings. The van der Waals surface area contributed by atoms with Crippen LogP contribution < -0.4 is 18.9 Å². The van der Waals surface area contributed by atoms with Crippen molar-refractivity contribution in [3.8, 4) is 23.1 Å². The molecule has 0 bridgehead atoms. The van der Waals surface area contributed by atoms with Gasteiger partial charge in [-0.05, 0) is 25.0 Å². The molecule has 0 aliphatic heterocycles. The fourth-order valence-electron chi connectivity index (χ4n) is 4.04. The molecule has 0 aliphatic carbocycles. The number of carbonyl (C=O) groups is 3. The number of carboxylic acids is 2. The Hall–Kier alpha value is -3.97. The van der Waals surface area contributed by atoms with Crippen molar-refractivity contribution in [1.29, 1.82) is 0 Å².